The summed E-state index contributed by atoms with van der Waals surface area (Å²) in [5.74, 6) is -1.47. The van der Waals surface area contributed by atoms with Gasteiger partial charge in [0.1, 0.15) is 17.4 Å². The number of benzene rings is 2. The number of ether oxygens (including phenoxy) is 1. The Hall–Kier alpha value is -2.43. The van der Waals surface area contributed by atoms with E-state index >= 15 is 0 Å². The molecule has 0 aliphatic heterocycles. The van der Waals surface area contributed by atoms with Gasteiger partial charge in [-0.1, -0.05) is 18.2 Å². The molecule has 104 valence electrons. The summed E-state index contributed by atoms with van der Waals surface area (Å²) in [7, 11) is 1.52. The Morgan fingerprint density at radius 1 is 1.20 bits per heavy atom. The number of hydrogen-bond donors (Lipinski definition) is 1. The van der Waals surface area contributed by atoms with Gasteiger partial charge in [0, 0.05) is 12.1 Å². The minimum absolute atomic E-state index is 0.165. The van der Waals surface area contributed by atoms with E-state index in [1.165, 1.54) is 7.11 Å². The predicted octanol–water partition coefficient (Wildman–Crippen LogP) is 2.90. The molecule has 1 amide bonds. The zero-order valence-corrected chi connectivity index (χ0v) is 10.8. The van der Waals surface area contributed by atoms with Crippen LogP contribution >= 0.6 is 0 Å². The van der Waals surface area contributed by atoms with Crippen molar-refractivity contribution >= 4 is 5.91 Å². The summed E-state index contributed by atoms with van der Waals surface area (Å²) < 4.78 is 31.6. The van der Waals surface area contributed by atoms with E-state index in [1.807, 2.05) is 0 Å². The normalized spacial score (nSPS) is 10.2. The van der Waals surface area contributed by atoms with Gasteiger partial charge < -0.3 is 10.1 Å². The van der Waals surface area contributed by atoms with E-state index in [1.54, 1.807) is 24.3 Å². The number of hydrogen-bond acceptors (Lipinski definition) is 2. The van der Waals surface area contributed by atoms with Crippen molar-refractivity contribution in [3.8, 4) is 5.75 Å². The molecule has 0 saturated heterocycles. The number of rotatable bonds is 4. The fourth-order valence-electron chi connectivity index (χ4n) is 1.79. The summed E-state index contributed by atoms with van der Waals surface area (Å²) in [5, 5.41) is 2.53. The Labute approximate surface area is 115 Å². The van der Waals surface area contributed by atoms with E-state index in [2.05, 4.69) is 5.32 Å². The molecule has 0 bridgehead atoms. The van der Waals surface area contributed by atoms with Gasteiger partial charge in [0.05, 0.1) is 12.7 Å². The Morgan fingerprint density at radius 2 is 1.95 bits per heavy atom. The monoisotopic (exact) mass is 277 g/mol. The van der Waals surface area contributed by atoms with E-state index in [-0.39, 0.29) is 12.1 Å². The highest BCUT2D eigenvalue weighted by molar-refractivity contribution is 5.94. The molecule has 0 saturated carbocycles. The van der Waals surface area contributed by atoms with Gasteiger partial charge in [-0.3, -0.25) is 4.79 Å². The van der Waals surface area contributed by atoms with Crippen molar-refractivity contribution in [3.63, 3.8) is 0 Å². The van der Waals surface area contributed by atoms with Gasteiger partial charge in [0.15, 0.2) is 0 Å². The number of halogens is 2. The molecule has 0 aromatic heterocycles. The molecular formula is C15H13F2NO2. The van der Waals surface area contributed by atoms with Gasteiger partial charge in [0.2, 0.25) is 0 Å². The molecule has 0 radical (unpaired) electrons. The third-order valence-corrected chi connectivity index (χ3v) is 2.80. The lowest BCUT2D eigenvalue weighted by Crippen LogP contribution is -2.24. The van der Waals surface area contributed by atoms with Crippen LogP contribution in [-0.2, 0) is 6.54 Å². The van der Waals surface area contributed by atoms with E-state index in [4.69, 9.17) is 4.74 Å². The van der Waals surface area contributed by atoms with Crippen LogP contribution in [0.2, 0.25) is 0 Å². The second-order valence-corrected chi connectivity index (χ2v) is 4.12. The molecule has 0 heterocycles. The number of carbonyl (C=O) groups excluding carboxylic acids is 1. The summed E-state index contributed by atoms with van der Waals surface area (Å²) >= 11 is 0. The summed E-state index contributed by atoms with van der Waals surface area (Å²) in [5.41, 5.74) is 0.431. The quantitative estimate of drug-likeness (QED) is 0.933. The van der Waals surface area contributed by atoms with Crippen molar-refractivity contribution < 1.29 is 18.3 Å². The molecule has 2 rings (SSSR count). The maximum atomic E-state index is 13.4. The van der Waals surface area contributed by atoms with Gasteiger partial charge in [-0.25, -0.2) is 8.78 Å². The largest absolute Gasteiger partial charge is 0.496 e. The average Bonchev–Trinajstić information content (AvgIpc) is 2.47. The minimum atomic E-state index is -0.760. The molecule has 0 unspecified atom stereocenters. The van der Waals surface area contributed by atoms with Gasteiger partial charge >= 0.3 is 0 Å². The second-order valence-electron chi connectivity index (χ2n) is 4.12. The van der Waals surface area contributed by atoms with Crippen LogP contribution in [0.15, 0.2) is 42.5 Å². The van der Waals surface area contributed by atoms with Crippen molar-refractivity contribution in [2.24, 2.45) is 0 Å². The van der Waals surface area contributed by atoms with Crippen LogP contribution in [0.5, 0.6) is 5.75 Å². The second kappa shape index (κ2) is 6.14. The average molecular weight is 277 g/mol. The molecule has 1 N–H and O–H groups in total. The van der Waals surface area contributed by atoms with Crippen molar-refractivity contribution in [1.82, 2.24) is 5.32 Å². The maximum absolute atomic E-state index is 13.4. The Bertz CT molecular complexity index is 629. The maximum Gasteiger partial charge on any atom is 0.254 e. The summed E-state index contributed by atoms with van der Waals surface area (Å²) in [6.07, 6.45) is 0. The number of para-hydroxylation sites is 1. The van der Waals surface area contributed by atoms with Gasteiger partial charge in [0.25, 0.3) is 5.91 Å². The first-order valence-electron chi connectivity index (χ1n) is 5.97. The molecule has 5 heteroatoms. The molecule has 3 nitrogen and oxygen atoms in total. The smallest absolute Gasteiger partial charge is 0.254 e. The van der Waals surface area contributed by atoms with Crippen LogP contribution in [0.1, 0.15) is 15.9 Å². The third-order valence-electron chi connectivity index (χ3n) is 2.80. The van der Waals surface area contributed by atoms with Crippen LogP contribution < -0.4 is 10.1 Å². The highest BCUT2D eigenvalue weighted by Gasteiger charge is 2.13. The molecule has 20 heavy (non-hydrogen) atoms. The zero-order chi connectivity index (χ0) is 14.5. The van der Waals surface area contributed by atoms with Gasteiger partial charge in [-0.05, 0) is 24.3 Å². The standard InChI is InChI=1S/C15H13F2NO2/c1-20-14-5-3-2-4-10(14)9-18-15(19)12-8-11(16)6-7-13(12)17/h2-8H,9H2,1H3,(H,18,19). The first-order valence-corrected chi connectivity index (χ1v) is 5.97. The lowest BCUT2D eigenvalue weighted by Gasteiger charge is -2.10. The highest BCUT2D eigenvalue weighted by atomic mass is 19.1. The lowest BCUT2D eigenvalue weighted by molar-refractivity contribution is 0.0946. The van der Waals surface area contributed by atoms with Crippen molar-refractivity contribution in [3.05, 3.63) is 65.2 Å². The van der Waals surface area contributed by atoms with Crippen molar-refractivity contribution in [2.75, 3.05) is 7.11 Å². The first kappa shape index (κ1) is 14.0. The summed E-state index contributed by atoms with van der Waals surface area (Å²) in [4.78, 5) is 11.8. The number of methoxy groups -OCH3 is 1. The predicted molar refractivity (Wildman–Crippen MR) is 70.5 cm³/mol. The van der Waals surface area contributed by atoms with Gasteiger partial charge in [-0.15, -0.1) is 0 Å². The SMILES string of the molecule is COc1ccccc1CNC(=O)c1cc(F)ccc1F. The minimum Gasteiger partial charge on any atom is -0.496 e. The van der Waals surface area contributed by atoms with Crippen LogP contribution in [0.25, 0.3) is 0 Å². The lowest BCUT2D eigenvalue weighted by atomic mass is 10.1. The Morgan fingerprint density at radius 3 is 2.70 bits per heavy atom. The van der Waals surface area contributed by atoms with E-state index in [0.29, 0.717) is 5.75 Å². The van der Waals surface area contributed by atoms with E-state index in [0.717, 1.165) is 23.8 Å². The fraction of sp³-hybridized carbons (Fsp3) is 0.133. The topological polar surface area (TPSA) is 38.3 Å². The molecule has 0 fully saturated rings. The Balaban J connectivity index is 2.11. The van der Waals surface area contributed by atoms with Crippen LogP contribution in [0, 0.1) is 11.6 Å². The van der Waals surface area contributed by atoms with Gasteiger partial charge in [-0.2, -0.15) is 0 Å². The first-order chi connectivity index (χ1) is 9.61. The zero-order valence-electron chi connectivity index (χ0n) is 10.8. The van der Waals surface area contributed by atoms with Crippen LogP contribution in [0.3, 0.4) is 0 Å². The molecule has 0 atom stereocenters. The molecule has 2 aromatic carbocycles. The summed E-state index contributed by atoms with van der Waals surface area (Å²) in [6.45, 7) is 0.165. The van der Waals surface area contributed by atoms with Crippen LogP contribution in [0.4, 0.5) is 8.78 Å². The van der Waals surface area contributed by atoms with E-state index in [9.17, 15) is 13.6 Å². The summed E-state index contributed by atoms with van der Waals surface area (Å²) in [6, 6.07) is 9.89. The molecule has 2 aromatic rings. The molecule has 0 aliphatic rings. The molecular weight excluding hydrogens is 264 g/mol. The third kappa shape index (κ3) is 3.12. The number of carbonyl (C=O) groups is 1. The fourth-order valence-corrected chi connectivity index (χ4v) is 1.79. The highest BCUT2D eigenvalue weighted by Crippen LogP contribution is 2.17. The Kier molecular flexibility index (Phi) is 4.30. The number of nitrogens with one attached hydrogen (secondary N) is 1. The van der Waals surface area contributed by atoms with Crippen molar-refractivity contribution in [2.45, 2.75) is 6.54 Å². The molecule has 0 aliphatic carbocycles. The van der Waals surface area contributed by atoms with Crippen LogP contribution in [-0.4, -0.2) is 13.0 Å². The van der Waals surface area contributed by atoms with E-state index < -0.39 is 17.5 Å². The molecule has 0 spiro atoms. The number of amides is 1. The van der Waals surface area contributed by atoms with Crippen molar-refractivity contribution in [1.29, 1.82) is 0 Å².